The maximum Gasteiger partial charge on any atom is 0.132 e. The number of rotatable bonds is 2. The van der Waals surface area contributed by atoms with Crippen molar-refractivity contribution in [3.8, 4) is 6.07 Å². The van der Waals surface area contributed by atoms with Gasteiger partial charge >= 0.3 is 0 Å². The minimum absolute atomic E-state index is 0.235. The molecule has 3 nitrogen and oxygen atoms in total. The minimum atomic E-state index is -0.682. The molecule has 3 aromatic rings. The Kier molecular flexibility index (Phi) is 3.20. The van der Waals surface area contributed by atoms with Crippen LogP contribution in [0.1, 0.15) is 5.56 Å². The number of fused-ring (bicyclic) bond motifs is 1. The van der Waals surface area contributed by atoms with Crippen LogP contribution < -0.4 is 5.32 Å². The van der Waals surface area contributed by atoms with Crippen molar-refractivity contribution in [3.63, 3.8) is 0 Å². The molecular formula is C16H9F2N3. The monoisotopic (exact) mass is 281 g/mol. The second-order valence-electron chi connectivity index (χ2n) is 4.47. The molecule has 0 radical (unpaired) electrons. The first-order valence-electron chi connectivity index (χ1n) is 6.19. The van der Waals surface area contributed by atoms with Crippen molar-refractivity contribution in [2.24, 2.45) is 0 Å². The predicted octanol–water partition coefficient (Wildman–Crippen LogP) is 4.13. The normalized spacial score (nSPS) is 10.3. The molecule has 0 saturated heterocycles. The van der Waals surface area contributed by atoms with Crippen molar-refractivity contribution in [2.75, 3.05) is 5.32 Å². The second-order valence-corrected chi connectivity index (χ2v) is 4.47. The summed E-state index contributed by atoms with van der Waals surface area (Å²) in [5.74, 6) is -1.01. The Morgan fingerprint density at radius 2 is 1.71 bits per heavy atom. The van der Waals surface area contributed by atoms with Crippen molar-refractivity contribution in [2.45, 2.75) is 0 Å². The zero-order chi connectivity index (χ0) is 14.8. The van der Waals surface area contributed by atoms with Gasteiger partial charge in [0.05, 0.1) is 17.1 Å². The molecule has 5 heteroatoms. The number of halogens is 2. The molecule has 3 rings (SSSR count). The van der Waals surface area contributed by atoms with E-state index in [9.17, 15) is 14.0 Å². The lowest BCUT2D eigenvalue weighted by Crippen LogP contribution is -1.97. The second kappa shape index (κ2) is 5.17. The summed E-state index contributed by atoms with van der Waals surface area (Å²) in [5.41, 5.74) is 1.31. The lowest BCUT2D eigenvalue weighted by molar-refractivity contribution is 0.584. The Labute approximate surface area is 119 Å². The smallest absolute Gasteiger partial charge is 0.132 e. The highest BCUT2D eigenvalue weighted by atomic mass is 19.1. The standard InChI is InChI=1S/C16H9F2N3/c17-11-6-12(18)8-13(7-11)20-16-5-10(9-19)14-3-1-2-4-15(14)21-16/h1-8H,(H,20,21). The van der Waals surface area contributed by atoms with Gasteiger partial charge in [-0.25, -0.2) is 13.8 Å². The van der Waals surface area contributed by atoms with Gasteiger partial charge in [-0.2, -0.15) is 5.26 Å². The molecule has 0 atom stereocenters. The summed E-state index contributed by atoms with van der Waals surface area (Å²) in [5, 5.41) is 12.7. The summed E-state index contributed by atoms with van der Waals surface area (Å²) in [7, 11) is 0. The number of para-hydroxylation sites is 1. The Balaban J connectivity index is 2.07. The molecule has 0 aliphatic carbocycles. The van der Waals surface area contributed by atoms with Gasteiger partial charge in [0, 0.05) is 17.1 Å². The van der Waals surface area contributed by atoms with E-state index in [0.29, 0.717) is 16.9 Å². The van der Waals surface area contributed by atoms with Gasteiger partial charge in [0.1, 0.15) is 17.5 Å². The number of nitriles is 1. The number of hydrogen-bond donors (Lipinski definition) is 1. The first-order valence-corrected chi connectivity index (χ1v) is 6.19. The van der Waals surface area contributed by atoms with Gasteiger partial charge in [-0.3, -0.25) is 0 Å². The zero-order valence-electron chi connectivity index (χ0n) is 10.8. The summed E-state index contributed by atoms with van der Waals surface area (Å²) >= 11 is 0. The fraction of sp³-hybridized carbons (Fsp3) is 0. The van der Waals surface area contributed by atoms with Crippen LogP contribution in [0.15, 0.2) is 48.5 Å². The third-order valence-electron chi connectivity index (χ3n) is 2.97. The predicted molar refractivity (Wildman–Crippen MR) is 76.1 cm³/mol. The van der Waals surface area contributed by atoms with Crippen molar-refractivity contribution in [3.05, 3.63) is 65.7 Å². The van der Waals surface area contributed by atoms with Gasteiger partial charge in [-0.05, 0) is 24.3 Å². The van der Waals surface area contributed by atoms with Gasteiger partial charge < -0.3 is 5.32 Å². The third-order valence-corrected chi connectivity index (χ3v) is 2.97. The van der Waals surface area contributed by atoms with E-state index >= 15 is 0 Å². The molecule has 0 amide bonds. The van der Waals surface area contributed by atoms with Gasteiger partial charge in [0.2, 0.25) is 0 Å². The van der Waals surface area contributed by atoms with Crippen molar-refractivity contribution < 1.29 is 8.78 Å². The maximum atomic E-state index is 13.2. The number of benzene rings is 2. The molecule has 0 saturated carbocycles. The van der Waals surface area contributed by atoms with Crippen molar-refractivity contribution in [1.82, 2.24) is 4.98 Å². The first kappa shape index (κ1) is 13.0. The summed E-state index contributed by atoms with van der Waals surface area (Å²) < 4.78 is 26.4. The molecule has 1 N–H and O–H groups in total. The fourth-order valence-electron chi connectivity index (χ4n) is 2.11. The van der Waals surface area contributed by atoms with Gasteiger partial charge in [-0.15, -0.1) is 0 Å². The van der Waals surface area contributed by atoms with Crippen LogP contribution in [0.4, 0.5) is 20.3 Å². The molecule has 0 aliphatic heterocycles. The minimum Gasteiger partial charge on any atom is -0.340 e. The molecule has 102 valence electrons. The van der Waals surface area contributed by atoms with Crippen LogP contribution in [0.25, 0.3) is 10.9 Å². The summed E-state index contributed by atoms with van der Waals surface area (Å²) in [6.45, 7) is 0. The molecule has 1 heterocycles. The highest BCUT2D eigenvalue weighted by Crippen LogP contribution is 2.23. The van der Waals surface area contributed by atoms with Crippen LogP contribution in [-0.2, 0) is 0 Å². The topological polar surface area (TPSA) is 48.7 Å². The zero-order valence-corrected chi connectivity index (χ0v) is 10.8. The fourth-order valence-corrected chi connectivity index (χ4v) is 2.11. The largest absolute Gasteiger partial charge is 0.340 e. The number of nitrogens with one attached hydrogen (secondary N) is 1. The van der Waals surface area contributed by atoms with Crippen LogP contribution in [-0.4, -0.2) is 4.98 Å². The number of anilines is 2. The molecule has 0 aliphatic rings. The molecule has 21 heavy (non-hydrogen) atoms. The summed E-state index contributed by atoms with van der Waals surface area (Å²) in [6.07, 6.45) is 0. The average Bonchev–Trinajstić information content (AvgIpc) is 2.45. The van der Waals surface area contributed by atoms with Crippen LogP contribution in [0.2, 0.25) is 0 Å². The number of hydrogen-bond acceptors (Lipinski definition) is 3. The van der Waals surface area contributed by atoms with Gasteiger partial charge in [-0.1, -0.05) is 18.2 Å². The highest BCUT2D eigenvalue weighted by Gasteiger charge is 2.07. The number of aromatic nitrogens is 1. The molecule has 0 bridgehead atoms. The van der Waals surface area contributed by atoms with E-state index in [1.54, 1.807) is 18.2 Å². The van der Waals surface area contributed by atoms with Crippen LogP contribution in [0.5, 0.6) is 0 Å². The van der Waals surface area contributed by atoms with Crippen LogP contribution >= 0.6 is 0 Å². The third kappa shape index (κ3) is 2.65. The Bertz CT molecular complexity index is 849. The summed E-state index contributed by atoms with van der Waals surface area (Å²) in [4.78, 5) is 4.33. The van der Waals surface area contributed by atoms with E-state index in [-0.39, 0.29) is 5.69 Å². The maximum absolute atomic E-state index is 13.2. The van der Waals surface area contributed by atoms with E-state index < -0.39 is 11.6 Å². The van der Waals surface area contributed by atoms with Gasteiger partial charge in [0.15, 0.2) is 0 Å². The summed E-state index contributed by atoms with van der Waals surface area (Å²) in [6, 6.07) is 13.9. The molecule has 0 spiro atoms. The quantitative estimate of drug-likeness (QED) is 0.768. The molecule has 1 aromatic heterocycles. The Hall–Kier alpha value is -3.00. The number of nitrogens with zero attached hydrogens (tertiary/aromatic N) is 2. The van der Waals surface area contributed by atoms with Gasteiger partial charge in [0.25, 0.3) is 0 Å². The Morgan fingerprint density at radius 1 is 1.00 bits per heavy atom. The van der Waals surface area contributed by atoms with E-state index in [0.717, 1.165) is 23.6 Å². The van der Waals surface area contributed by atoms with E-state index in [1.807, 2.05) is 12.1 Å². The van der Waals surface area contributed by atoms with Crippen LogP contribution in [0.3, 0.4) is 0 Å². The average molecular weight is 281 g/mol. The van der Waals surface area contributed by atoms with E-state index in [4.69, 9.17) is 0 Å². The molecular weight excluding hydrogens is 272 g/mol. The van der Waals surface area contributed by atoms with E-state index in [1.165, 1.54) is 0 Å². The first-order chi connectivity index (χ1) is 10.2. The molecule has 0 fully saturated rings. The van der Waals surface area contributed by atoms with Crippen molar-refractivity contribution >= 4 is 22.4 Å². The lowest BCUT2D eigenvalue weighted by Gasteiger charge is -2.08. The Morgan fingerprint density at radius 3 is 2.43 bits per heavy atom. The van der Waals surface area contributed by atoms with Crippen LogP contribution in [0, 0.1) is 23.0 Å². The number of pyridine rings is 1. The lowest BCUT2D eigenvalue weighted by atomic mass is 10.1. The highest BCUT2D eigenvalue weighted by molar-refractivity contribution is 5.86. The molecule has 2 aromatic carbocycles. The van der Waals surface area contributed by atoms with E-state index in [2.05, 4.69) is 16.4 Å². The SMILES string of the molecule is N#Cc1cc(Nc2cc(F)cc(F)c2)nc2ccccc12. The van der Waals surface area contributed by atoms with Crippen molar-refractivity contribution in [1.29, 1.82) is 5.26 Å². The molecule has 0 unspecified atom stereocenters.